The van der Waals surface area contributed by atoms with Gasteiger partial charge in [-0.2, -0.15) is 4.98 Å². The highest BCUT2D eigenvalue weighted by Crippen LogP contribution is 2.25. The van der Waals surface area contributed by atoms with Gasteiger partial charge in [-0.15, -0.1) is 0 Å². The SMILES string of the molecule is CCC1CCN(Cc2noc(CC(C)C)n2)C(CN)C1. The Morgan fingerprint density at radius 3 is 2.90 bits per heavy atom. The van der Waals surface area contributed by atoms with Crippen molar-refractivity contribution < 1.29 is 4.52 Å². The van der Waals surface area contributed by atoms with Crippen molar-refractivity contribution >= 4 is 0 Å². The molecule has 2 N–H and O–H groups in total. The molecule has 1 saturated heterocycles. The quantitative estimate of drug-likeness (QED) is 0.865. The Labute approximate surface area is 121 Å². The van der Waals surface area contributed by atoms with E-state index >= 15 is 0 Å². The number of nitrogens with two attached hydrogens (primary N) is 1. The molecule has 1 aliphatic rings. The monoisotopic (exact) mass is 280 g/mol. The molecule has 0 amide bonds. The van der Waals surface area contributed by atoms with Gasteiger partial charge in [0, 0.05) is 19.0 Å². The molecular weight excluding hydrogens is 252 g/mol. The summed E-state index contributed by atoms with van der Waals surface area (Å²) in [6.45, 7) is 9.15. The summed E-state index contributed by atoms with van der Waals surface area (Å²) in [5.74, 6) is 2.92. The molecule has 2 atom stereocenters. The molecule has 1 aliphatic heterocycles. The summed E-state index contributed by atoms with van der Waals surface area (Å²) in [4.78, 5) is 6.91. The number of hydrogen-bond acceptors (Lipinski definition) is 5. The van der Waals surface area contributed by atoms with Crippen LogP contribution in [0.1, 0.15) is 51.7 Å². The maximum atomic E-state index is 5.93. The van der Waals surface area contributed by atoms with Gasteiger partial charge in [0.05, 0.1) is 6.54 Å². The first-order valence-corrected chi connectivity index (χ1v) is 7.87. The first-order valence-electron chi connectivity index (χ1n) is 7.87. The van der Waals surface area contributed by atoms with Gasteiger partial charge in [0.25, 0.3) is 0 Å². The molecule has 0 saturated carbocycles. The highest BCUT2D eigenvalue weighted by atomic mass is 16.5. The van der Waals surface area contributed by atoms with Crippen molar-refractivity contribution in [1.29, 1.82) is 0 Å². The van der Waals surface area contributed by atoms with E-state index in [0.29, 0.717) is 18.5 Å². The lowest BCUT2D eigenvalue weighted by molar-refractivity contribution is 0.104. The molecule has 1 aromatic rings. The van der Waals surface area contributed by atoms with Crippen LogP contribution in [0.5, 0.6) is 0 Å². The molecule has 2 unspecified atom stereocenters. The van der Waals surface area contributed by atoms with Crippen LogP contribution in [0.2, 0.25) is 0 Å². The third-order valence-corrected chi connectivity index (χ3v) is 4.23. The van der Waals surface area contributed by atoms with Crippen LogP contribution in [0.3, 0.4) is 0 Å². The Morgan fingerprint density at radius 2 is 2.25 bits per heavy atom. The minimum atomic E-state index is 0.459. The fraction of sp³-hybridized carbons (Fsp3) is 0.867. The minimum absolute atomic E-state index is 0.459. The van der Waals surface area contributed by atoms with E-state index in [-0.39, 0.29) is 0 Å². The molecule has 0 bridgehead atoms. The summed E-state index contributed by atoms with van der Waals surface area (Å²) >= 11 is 0. The molecular formula is C15H28N4O. The molecule has 0 radical (unpaired) electrons. The van der Waals surface area contributed by atoms with Crippen molar-refractivity contribution in [3.05, 3.63) is 11.7 Å². The summed E-state index contributed by atoms with van der Waals surface area (Å²) in [6, 6.07) is 0.459. The molecule has 5 nitrogen and oxygen atoms in total. The second-order valence-electron chi connectivity index (χ2n) is 6.36. The largest absolute Gasteiger partial charge is 0.339 e. The molecule has 114 valence electrons. The second kappa shape index (κ2) is 7.18. The summed E-state index contributed by atoms with van der Waals surface area (Å²) in [5, 5.41) is 4.10. The van der Waals surface area contributed by atoms with E-state index in [1.165, 1.54) is 19.3 Å². The molecule has 5 heteroatoms. The zero-order chi connectivity index (χ0) is 14.5. The maximum absolute atomic E-state index is 5.93. The van der Waals surface area contributed by atoms with Crippen molar-refractivity contribution in [2.45, 2.75) is 59.0 Å². The Kier molecular flexibility index (Phi) is 5.54. The lowest BCUT2D eigenvalue weighted by Gasteiger charge is -2.38. The van der Waals surface area contributed by atoms with E-state index in [9.17, 15) is 0 Å². The normalized spacial score (nSPS) is 24.4. The van der Waals surface area contributed by atoms with Gasteiger partial charge in [0.15, 0.2) is 5.82 Å². The van der Waals surface area contributed by atoms with Gasteiger partial charge in [0.2, 0.25) is 5.89 Å². The Morgan fingerprint density at radius 1 is 1.45 bits per heavy atom. The summed E-state index contributed by atoms with van der Waals surface area (Å²) in [7, 11) is 0. The predicted molar refractivity (Wildman–Crippen MR) is 79.1 cm³/mol. The molecule has 0 spiro atoms. The van der Waals surface area contributed by atoms with Crippen LogP contribution in [-0.4, -0.2) is 34.2 Å². The number of hydrogen-bond donors (Lipinski definition) is 1. The van der Waals surface area contributed by atoms with Crippen molar-refractivity contribution in [2.75, 3.05) is 13.1 Å². The summed E-state index contributed by atoms with van der Waals surface area (Å²) < 4.78 is 5.31. The van der Waals surface area contributed by atoms with E-state index in [2.05, 4.69) is 35.8 Å². The molecule has 0 aliphatic carbocycles. The Hall–Kier alpha value is -0.940. The van der Waals surface area contributed by atoms with E-state index < -0.39 is 0 Å². The zero-order valence-corrected chi connectivity index (χ0v) is 13.0. The van der Waals surface area contributed by atoms with E-state index in [4.69, 9.17) is 10.3 Å². The first-order chi connectivity index (χ1) is 9.62. The van der Waals surface area contributed by atoms with Gasteiger partial charge in [-0.1, -0.05) is 32.3 Å². The number of likely N-dealkylation sites (tertiary alicyclic amines) is 1. The zero-order valence-electron chi connectivity index (χ0n) is 13.0. The summed E-state index contributed by atoms with van der Waals surface area (Å²) in [6.07, 6.45) is 4.56. The Bertz CT molecular complexity index is 404. The smallest absolute Gasteiger partial charge is 0.226 e. The maximum Gasteiger partial charge on any atom is 0.226 e. The van der Waals surface area contributed by atoms with Crippen LogP contribution < -0.4 is 5.73 Å². The standard InChI is InChI=1S/C15H28N4O/c1-4-12-5-6-19(13(8-12)9-16)10-14-17-15(20-18-14)7-11(2)3/h11-13H,4-10,16H2,1-3H3. The minimum Gasteiger partial charge on any atom is -0.339 e. The van der Waals surface area contributed by atoms with E-state index in [0.717, 1.165) is 37.1 Å². The van der Waals surface area contributed by atoms with Crippen LogP contribution in [0.4, 0.5) is 0 Å². The molecule has 1 fully saturated rings. The molecule has 2 heterocycles. The van der Waals surface area contributed by atoms with Crippen LogP contribution in [0.15, 0.2) is 4.52 Å². The van der Waals surface area contributed by atoms with Gasteiger partial charge in [-0.05, 0) is 31.2 Å². The fourth-order valence-corrected chi connectivity index (χ4v) is 2.98. The third-order valence-electron chi connectivity index (χ3n) is 4.23. The van der Waals surface area contributed by atoms with Gasteiger partial charge >= 0.3 is 0 Å². The average Bonchev–Trinajstić information content (AvgIpc) is 2.85. The lowest BCUT2D eigenvalue weighted by Crippen LogP contribution is -2.46. The van der Waals surface area contributed by atoms with Crippen LogP contribution >= 0.6 is 0 Å². The third kappa shape index (κ3) is 4.03. The Balaban J connectivity index is 1.93. The first kappa shape index (κ1) is 15.4. The predicted octanol–water partition coefficient (Wildman–Crippen LogP) is 2.22. The van der Waals surface area contributed by atoms with Crippen molar-refractivity contribution in [3.8, 4) is 0 Å². The van der Waals surface area contributed by atoms with Crippen molar-refractivity contribution in [1.82, 2.24) is 15.0 Å². The number of aromatic nitrogens is 2. The summed E-state index contributed by atoms with van der Waals surface area (Å²) in [5.41, 5.74) is 5.93. The highest BCUT2D eigenvalue weighted by Gasteiger charge is 2.27. The second-order valence-corrected chi connectivity index (χ2v) is 6.36. The van der Waals surface area contributed by atoms with Crippen molar-refractivity contribution in [3.63, 3.8) is 0 Å². The molecule has 1 aromatic heterocycles. The fourth-order valence-electron chi connectivity index (χ4n) is 2.98. The van der Waals surface area contributed by atoms with Gasteiger partial charge < -0.3 is 10.3 Å². The number of nitrogens with zero attached hydrogens (tertiary/aromatic N) is 3. The van der Waals surface area contributed by atoms with E-state index in [1.807, 2.05) is 0 Å². The van der Waals surface area contributed by atoms with Crippen LogP contribution in [0.25, 0.3) is 0 Å². The molecule has 0 aromatic carbocycles. The van der Waals surface area contributed by atoms with Gasteiger partial charge in [0.1, 0.15) is 0 Å². The number of piperidine rings is 1. The van der Waals surface area contributed by atoms with Crippen LogP contribution in [-0.2, 0) is 13.0 Å². The van der Waals surface area contributed by atoms with Gasteiger partial charge in [-0.3, -0.25) is 4.90 Å². The topological polar surface area (TPSA) is 68.2 Å². The van der Waals surface area contributed by atoms with E-state index in [1.54, 1.807) is 0 Å². The van der Waals surface area contributed by atoms with Crippen molar-refractivity contribution in [2.24, 2.45) is 17.6 Å². The molecule has 20 heavy (non-hydrogen) atoms. The van der Waals surface area contributed by atoms with Crippen LogP contribution in [0, 0.1) is 11.8 Å². The number of rotatable bonds is 6. The highest BCUT2D eigenvalue weighted by molar-refractivity contribution is 4.90. The average molecular weight is 280 g/mol. The molecule has 2 rings (SSSR count). The van der Waals surface area contributed by atoms with Gasteiger partial charge in [-0.25, -0.2) is 0 Å². The lowest BCUT2D eigenvalue weighted by atomic mass is 9.89.